The molecular formula is C15H13ClN2O. The first kappa shape index (κ1) is 12.2. The highest BCUT2D eigenvalue weighted by Crippen LogP contribution is 2.29. The summed E-state index contributed by atoms with van der Waals surface area (Å²) in [5.41, 5.74) is 8.92. The average Bonchev–Trinajstić information content (AvgIpc) is 2.81. The van der Waals surface area contributed by atoms with E-state index in [2.05, 4.69) is 4.98 Å². The number of aryl methyl sites for hydroxylation is 1. The largest absolute Gasteiger partial charge is 0.459 e. The summed E-state index contributed by atoms with van der Waals surface area (Å²) in [6.07, 6.45) is 1.75. The summed E-state index contributed by atoms with van der Waals surface area (Å²) in [6.45, 7) is 1.94. The van der Waals surface area contributed by atoms with E-state index >= 15 is 0 Å². The second-order valence-electron chi connectivity index (χ2n) is 4.49. The molecule has 0 amide bonds. The lowest BCUT2D eigenvalue weighted by molar-refractivity contribution is 0.523. The Morgan fingerprint density at radius 3 is 2.89 bits per heavy atom. The van der Waals surface area contributed by atoms with Gasteiger partial charge in [-0.1, -0.05) is 17.7 Å². The van der Waals surface area contributed by atoms with E-state index in [1.807, 2.05) is 37.3 Å². The normalized spacial score (nSPS) is 12.8. The van der Waals surface area contributed by atoms with Crippen molar-refractivity contribution in [3.63, 3.8) is 0 Å². The predicted molar refractivity (Wildman–Crippen MR) is 76.2 cm³/mol. The number of hydrogen-bond donors (Lipinski definition) is 1. The van der Waals surface area contributed by atoms with Crippen LogP contribution in [-0.4, -0.2) is 4.98 Å². The van der Waals surface area contributed by atoms with Gasteiger partial charge in [0.15, 0.2) is 0 Å². The average molecular weight is 273 g/mol. The van der Waals surface area contributed by atoms with Crippen LogP contribution in [0.1, 0.15) is 23.1 Å². The third-order valence-electron chi connectivity index (χ3n) is 3.19. The highest BCUT2D eigenvalue weighted by Gasteiger charge is 2.16. The van der Waals surface area contributed by atoms with Crippen LogP contribution < -0.4 is 5.73 Å². The van der Waals surface area contributed by atoms with E-state index < -0.39 is 0 Å². The molecule has 0 saturated carbocycles. The minimum absolute atomic E-state index is 0.320. The number of furan rings is 1. The van der Waals surface area contributed by atoms with Crippen molar-refractivity contribution in [1.82, 2.24) is 4.98 Å². The number of benzene rings is 1. The van der Waals surface area contributed by atoms with Crippen LogP contribution in [0.3, 0.4) is 0 Å². The van der Waals surface area contributed by atoms with Crippen molar-refractivity contribution >= 4 is 22.6 Å². The molecule has 0 aliphatic heterocycles. The summed E-state index contributed by atoms with van der Waals surface area (Å²) in [7, 11) is 0. The number of nitrogens with two attached hydrogens (primary N) is 1. The van der Waals surface area contributed by atoms with Crippen LogP contribution in [0.25, 0.3) is 11.0 Å². The van der Waals surface area contributed by atoms with Gasteiger partial charge in [0.05, 0.1) is 6.04 Å². The van der Waals surface area contributed by atoms with Crippen molar-refractivity contribution in [2.45, 2.75) is 13.0 Å². The van der Waals surface area contributed by atoms with E-state index in [0.29, 0.717) is 10.8 Å². The van der Waals surface area contributed by atoms with E-state index in [0.717, 1.165) is 22.2 Å². The van der Waals surface area contributed by atoms with Gasteiger partial charge < -0.3 is 10.2 Å². The molecule has 2 N–H and O–H groups in total. The Balaban J connectivity index is 2.07. The molecule has 0 saturated heterocycles. The summed E-state index contributed by atoms with van der Waals surface area (Å²) in [5.74, 6) is 0.716. The topological polar surface area (TPSA) is 52.0 Å². The maximum atomic E-state index is 6.25. The zero-order chi connectivity index (χ0) is 13.4. The zero-order valence-corrected chi connectivity index (χ0v) is 11.2. The summed E-state index contributed by atoms with van der Waals surface area (Å²) < 4.78 is 5.78. The van der Waals surface area contributed by atoms with Crippen LogP contribution in [0.2, 0.25) is 5.02 Å². The molecule has 0 aliphatic carbocycles. The fraction of sp³-hybridized carbons (Fsp3) is 0.133. The summed E-state index contributed by atoms with van der Waals surface area (Å²) in [4.78, 5) is 4.25. The molecule has 0 radical (unpaired) electrons. The van der Waals surface area contributed by atoms with Crippen LogP contribution in [-0.2, 0) is 0 Å². The Morgan fingerprint density at radius 2 is 2.11 bits per heavy atom. The Hall–Kier alpha value is -1.84. The molecule has 0 aliphatic rings. The molecule has 4 heteroatoms. The minimum atomic E-state index is -0.320. The van der Waals surface area contributed by atoms with Crippen molar-refractivity contribution in [1.29, 1.82) is 0 Å². The van der Waals surface area contributed by atoms with E-state index in [1.165, 1.54) is 0 Å². The van der Waals surface area contributed by atoms with E-state index in [1.54, 1.807) is 12.3 Å². The van der Waals surface area contributed by atoms with Gasteiger partial charge in [0.2, 0.25) is 0 Å². The molecule has 2 aromatic heterocycles. The van der Waals surface area contributed by atoms with Gasteiger partial charge in [0, 0.05) is 22.3 Å². The lowest BCUT2D eigenvalue weighted by Gasteiger charge is -2.10. The standard InChI is InChI=1S/C15H13ClN2O/c1-9-12(3-2-6-18-9)15(17)14-8-10-7-11(16)4-5-13(10)19-14/h2-8,15H,17H2,1H3. The smallest absolute Gasteiger partial charge is 0.134 e. The van der Waals surface area contributed by atoms with Crippen molar-refractivity contribution in [3.8, 4) is 0 Å². The fourth-order valence-corrected chi connectivity index (χ4v) is 2.35. The quantitative estimate of drug-likeness (QED) is 0.771. The van der Waals surface area contributed by atoms with Crippen LogP contribution >= 0.6 is 11.6 Å². The van der Waals surface area contributed by atoms with Gasteiger partial charge in [-0.05, 0) is 42.8 Å². The molecule has 1 atom stereocenters. The lowest BCUT2D eigenvalue weighted by Crippen LogP contribution is -2.12. The SMILES string of the molecule is Cc1ncccc1C(N)c1cc2cc(Cl)ccc2o1. The van der Waals surface area contributed by atoms with Gasteiger partial charge in [-0.25, -0.2) is 0 Å². The second kappa shape index (κ2) is 4.68. The highest BCUT2D eigenvalue weighted by molar-refractivity contribution is 6.31. The number of aromatic nitrogens is 1. The molecule has 2 heterocycles. The van der Waals surface area contributed by atoms with Crippen molar-refractivity contribution in [2.75, 3.05) is 0 Å². The Morgan fingerprint density at radius 1 is 1.26 bits per heavy atom. The molecule has 3 aromatic rings. The maximum Gasteiger partial charge on any atom is 0.134 e. The van der Waals surface area contributed by atoms with Crippen molar-refractivity contribution in [3.05, 3.63) is 64.6 Å². The Labute approximate surface area is 116 Å². The van der Waals surface area contributed by atoms with Gasteiger partial charge in [0.25, 0.3) is 0 Å². The molecule has 1 aromatic carbocycles. The Bertz CT molecular complexity index is 736. The molecule has 3 rings (SSSR count). The number of pyridine rings is 1. The highest BCUT2D eigenvalue weighted by atomic mass is 35.5. The molecule has 1 unspecified atom stereocenters. The van der Waals surface area contributed by atoms with Crippen LogP contribution in [0.4, 0.5) is 0 Å². The lowest BCUT2D eigenvalue weighted by atomic mass is 10.0. The number of rotatable bonds is 2. The van der Waals surface area contributed by atoms with Crippen LogP contribution in [0, 0.1) is 6.92 Å². The molecule has 96 valence electrons. The molecule has 19 heavy (non-hydrogen) atoms. The summed E-state index contributed by atoms with van der Waals surface area (Å²) in [6, 6.07) is 11.0. The molecule has 0 bridgehead atoms. The molecular weight excluding hydrogens is 260 g/mol. The molecule has 0 fully saturated rings. The monoisotopic (exact) mass is 272 g/mol. The number of nitrogens with zero attached hydrogens (tertiary/aromatic N) is 1. The maximum absolute atomic E-state index is 6.25. The van der Waals surface area contributed by atoms with Gasteiger partial charge in [-0.2, -0.15) is 0 Å². The first-order chi connectivity index (χ1) is 9.15. The fourth-order valence-electron chi connectivity index (χ4n) is 2.17. The number of halogens is 1. The Kier molecular flexibility index (Phi) is 3.01. The van der Waals surface area contributed by atoms with Crippen molar-refractivity contribution in [2.24, 2.45) is 5.73 Å². The number of fused-ring (bicyclic) bond motifs is 1. The van der Waals surface area contributed by atoms with E-state index in [4.69, 9.17) is 21.8 Å². The van der Waals surface area contributed by atoms with Gasteiger partial charge in [-0.15, -0.1) is 0 Å². The first-order valence-corrected chi connectivity index (χ1v) is 6.39. The molecule has 3 nitrogen and oxygen atoms in total. The van der Waals surface area contributed by atoms with Crippen LogP contribution in [0.5, 0.6) is 0 Å². The molecule has 0 spiro atoms. The second-order valence-corrected chi connectivity index (χ2v) is 4.92. The van der Waals surface area contributed by atoms with Crippen LogP contribution in [0.15, 0.2) is 47.0 Å². The predicted octanol–water partition coefficient (Wildman–Crippen LogP) is 3.84. The van der Waals surface area contributed by atoms with E-state index in [-0.39, 0.29) is 6.04 Å². The number of hydrogen-bond acceptors (Lipinski definition) is 3. The summed E-state index contributed by atoms with van der Waals surface area (Å²) in [5, 5.41) is 1.64. The van der Waals surface area contributed by atoms with E-state index in [9.17, 15) is 0 Å². The van der Waals surface area contributed by atoms with Gasteiger partial charge in [0.1, 0.15) is 11.3 Å². The van der Waals surface area contributed by atoms with Gasteiger partial charge >= 0.3 is 0 Å². The third kappa shape index (κ3) is 2.23. The first-order valence-electron chi connectivity index (χ1n) is 6.01. The zero-order valence-electron chi connectivity index (χ0n) is 10.4. The van der Waals surface area contributed by atoms with Crippen molar-refractivity contribution < 1.29 is 4.42 Å². The summed E-state index contributed by atoms with van der Waals surface area (Å²) >= 11 is 5.97. The third-order valence-corrected chi connectivity index (χ3v) is 3.42. The van der Waals surface area contributed by atoms with Gasteiger partial charge in [-0.3, -0.25) is 4.98 Å². The minimum Gasteiger partial charge on any atom is -0.459 e.